The van der Waals surface area contributed by atoms with Crippen LogP contribution in [0.15, 0.2) is 68.1 Å². The summed E-state index contributed by atoms with van der Waals surface area (Å²) in [6, 6.07) is 14.2. The number of carbonyl (C=O) groups excluding carboxylic acids is 4. The smallest absolute Gasteiger partial charge is 0.308 e. The lowest BCUT2D eigenvalue weighted by Crippen LogP contribution is -2.11. The minimum atomic E-state index is -0.534. The summed E-state index contributed by atoms with van der Waals surface area (Å²) in [6.45, 7) is 5.19. The lowest BCUT2D eigenvalue weighted by Gasteiger charge is -2.27. The molecular weight excluding hydrogens is 528 g/mol. The number of fused-ring (bicyclic) bond motifs is 4. The Hall–Kier alpha value is -4.02. The van der Waals surface area contributed by atoms with Crippen LogP contribution in [0.25, 0.3) is 21.5 Å². The van der Waals surface area contributed by atoms with Crippen molar-refractivity contribution in [3.05, 3.63) is 48.5 Å². The Morgan fingerprint density at radius 3 is 0.842 bits per heavy atom. The van der Waals surface area contributed by atoms with Crippen LogP contribution in [0.3, 0.4) is 0 Å². The van der Waals surface area contributed by atoms with Crippen molar-refractivity contribution < 1.29 is 38.1 Å². The number of ether oxygens (including phenoxy) is 4. The van der Waals surface area contributed by atoms with Gasteiger partial charge in [0.2, 0.25) is 0 Å². The van der Waals surface area contributed by atoms with Crippen LogP contribution in [0.2, 0.25) is 0 Å². The maximum Gasteiger partial charge on any atom is 0.308 e. The van der Waals surface area contributed by atoms with Gasteiger partial charge in [0.15, 0.2) is 23.0 Å². The molecule has 0 amide bonds. The molecule has 0 aromatic heterocycles. The molecule has 1 aliphatic heterocycles. The number of carbonyl (C=O) groups is 4. The average Bonchev–Trinajstić information content (AvgIpc) is 2.86. The summed E-state index contributed by atoms with van der Waals surface area (Å²) in [7, 11) is 0. The Labute approximate surface area is 225 Å². The van der Waals surface area contributed by atoms with Gasteiger partial charge in [0, 0.05) is 49.2 Å². The van der Waals surface area contributed by atoms with Crippen molar-refractivity contribution in [1.29, 1.82) is 0 Å². The van der Waals surface area contributed by atoms with Gasteiger partial charge in [-0.2, -0.15) is 0 Å². The lowest BCUT2D eigenvalue weighted by molar-refractivity contribution is -0.133. The van der Waals surface area contributed by atoms with Crippen LogP contribution in [0.1, 0.15) is 27.7 Å². The van der Waals surface area contributed by atoms with Crippen LogP contribution in [0, 0.1) is 0 Å². The molecule has 0 spiro atoms. The van der Waals surface area contributed by atoms with Crippen LogP contribution >= 0.6 is 23.5 Å². The minimum Gasteiger partial charge on any atom is -0.425 e. The van der Waals surface area contributed by atoms with Crippen LogP contribution < -0.4 is 18.9 Å². The van der Waals surface area contributed by atoms with E-state index < -0.39 is 23.9 Å². The van der Waals surface area contributed by atoms with E-state index in [-0.39, 0.29) is 23.0 Å². The van der Waals surface area contributed by atoms with E-state index in [1.807, 2.05) is 0 Å². The molecular formula is C28H20O8S2. The van der Waals surface area contributed by atoms with Crippen molar-refractivity contribution in [1.82, 2.24) is 0 Å². The summed E-state index contributed by atoms with van der Waals surface area (Å²) < 4.78 is 22.8. The number of rotatable bonds is 4. The summed E-state index contributed by atoms with van der Waals surface area (Å²) in [5.74, 6) is -1.03. The third-order valence-corrected chi connectivity index (χ3v) is 8.09. The second-order valence-electron chi connectivity index (χ2n) is 8.30. The first kappa shape index (κ1) is 25.6. The molecule has 1 heterocycles. The van der Waals surface area contributed by atoms with Gasteiger partial charge in [0.1, 0.15) is 0 Å². The normalized spacial score (nSPS) is 11.9. The van der Waals surface area contributed by atoms with Crippen LogP contribution in [-0.4, -0.2) is 23.9 Å². The van der Waals surface area contributed by atoms with E-state index in [9.17, 15) is 19.2 Å². The van der Waals surface area contributed by atoms with Crippen molar-refractivity contribution >= 4 is 68.9 Å². The second kappa shape index (κ2) is 10.0. The van der Waals surface area contributed by atoms with Gasteiger partial charge in [0.05, 0.1) is 19.6 Å². The Balaban J connectivity index is 1.90. The highest BCUT2D eigenvalue weighted by Gasteiger charge is 2.35. The fraction of sp³-hybridized carbons (Fsp3) is 0.143. The molecule has 0 saturated carbocycles. The summed E-state index contributed by atoms with van der Waals surface area (Å²) >= 11 is 2.35. The number of hydrogen-bond donors (Lipinski definition) is 0. The first-order valence-corrected chi connectivity index (χ1v) is 13.1. The summed E-state index contributed by atoms with van der Waals surface area (Å²) in [4.78, 5) is 50.6. The Morgan fingerprint density at radius 2 is 0.658 bits per heavy atom. The Kier molecular flexibility index (Phi) is 6.77. The van der Waals surface area contributed by atoms with E-state index in [1.165, 1.54) is 51.2 Å². The Morgan fingerprint density at radius 1 is 0.447 bits per heavy atom. The van der Waals surface area contributed by atoms with Crippen molar-refractivity contribution in [3.8, 4) is 23.0 Å². The molecule has 38 heavy (non-hydrogen) atoms. The summed E-state index contributed by atoms with van der Waals surface area (Å²) in [5.41, 5.74) is 0. The zero-order valence-corrected chi connectivity index (χ0v) is 22.3. The molecule has 0 atom stereocenters. The van der Waals surface area contributed by atoms with Crippen LogP contribution in [0.5, 0.6) is 23.0 Å². The van der Waals surface area contributed by atoms with E-state index in [1.54, 1.807) is 48.5 Å². The molecule has 5 rings (SSSR count). The van der Waals surface area contributed by atoms with Crippen molar-refractivity contribution in [3.63, 3.8) is 0 Å². The van der Waals surface area contributed by atoms with Crippen LogP contribution in [-0.2, 0) is 19.2 Å². The maximum absolute atomic E-state index is 12.2. The summed E-state index contributed by atoms with van der Waals surface area (Å²) in [5, 5.41) is 2.24. The molecule has 0 radical (unpaired) electrons. The van der Waals surface area contributed by atoms with Crippen molar-refractivity contribution in [2.75, 3.05) is 0 Å². The van der Waals surface area contributed by atoms with E-state index in [4.69, 9.17) is 18.9 Å². The molecule has 8 nitrogen and oxygen atoms in total. The highest BCUT2D eigenvalue weighted by Crippen LogP contribution is 2.63. The van der Waals surface area contributed by atoms with Gasteiger partial charge >= 0.3 is 23.9 Å². The highest BCUT2D eigenvalue weighted by molar-refractivity contribution is 8.05. The van der Waals surface area contributed by atoms with Crippen molar-refractivity contribution in [2.45, 2.75) is 47.3 Å². The predicted molar refractivity (Wildman–Crippen MR) is 141 cm³/mol. The van der Waals surface area contributed by atoms with Gasteiger partial charge in [-0.05, 0) is 0 Å². The second-order valence-corrected chi connectivity index (χ2v) is 10.3. The zero-order valence-electron chi connectivity index (χ0n) is 20.7. The molecule has 4 aromatic carbocycles. The van der Waals surface area contributed by atoms with Gasteiger partial charge < -0.3 is 18.9 Å². The number of esters is 4. The molecule has 0 bridgehead atoms. The fourth-order valence-corrected chi connectivity index (χ4v) is 6.84. The number of hydrogen-bond acceptors (Lipinski definition) is 10. The molecule has 0 aliphatic carbocycles. The van der Waals surface area contributed by atoms with Gasteiger partial charge in [-0.3, -0.25) is 19.2 Å². The van der Waals surface area contributed by atoms with Gasteiger partial charge in [-0.1, -0.05) is 72.1 Å². The SMILES string of the molecule is CC(=O)Oc1c2c(c(OC(C)=O)c3ccccc13)Sc1c(c(OC(C)=O)c3ccccc3c1OC(C)=O)S2. The molecule has 192 valence electrons. The molecule has 10 heteroatoms. The topological polar surface area (TPSA) is 105 Å². The van der Waals surface area contributed by atoms with Crippen molar-refractivity contribution in [2.24, 2.45) is 0 Å². The lowest BCUT2D eigenvalue weighted by atomic mass is 10.1. The first-order valence-electron chi connectivity index (χ1n) is 11.4. The average molecular weight is 549 g/mol. The monoisotopic (exact) mass is 548 g/mol. The van der Waals surface area contributed by atoms with E-state index in [0.29, 0.717) is 41.1 Å². The molecule has 0 unspecified atom stereocenters. The third-order valence-electron chi connectivity index (χ3n) is 5.46. The van der Waals surface area contributed by atoms with Crippen LogP contribution in [0.4, 0.5) is 0 Å². The van der Waals surface area contributed by atoms with E-state index in [2.05, 4.69) is 0 Å². The van der Waals surface area contributed by atoms with E-state index in [0.717, 1.165) is 0 Å². The van der Waals surface area contributed by atoms with Gasteiger partial charge in [0.25, 0.3) is 0 Å². The standard InChI is InChI=1S/C28H20O8S2/c1-13(29)33-21-17-9-5-6-10-18(17)22(34-14(2)30)26-25(21)37-27-23(35-15(3)31)19-11-7-8-12-20(19)24(28(27)38-26)36-16(4)32/h5-12H,1-4H3. The third kappa shape index (κ3) is 4.57. The molecule has 1 aliphatic rings. The Bertz CT molecular complexity index is 1450. The largest absolute Gasteiger partial charge is 0.425 e. The molecule has 4 aromatic rings. The molecule has 0 N–H and O–H groups in total. The minimum absolute atomic E-state index is 0.276. The maximum atomic E-state index is 12.2. The van der Waals surface area contributed by atoms with E-state index >= 15 is 0 Å². The number of benzene rings is 4. The molecule has 0 saturated heterocycles. The molecule has 0 fully saturated rings. The van der Waals surface area contributed by atoms with Gasteiger partial charge in [-0.25, -0.2) is 0 Å². The fourth-order valence-electron chi connectivity index (χ4n) is 4.22. The first-order chi connectivity index (χ1) is 18.2. The predicted octanol–water partition coefficient (Wildman–Crippen LogP) is 6.31. The van der Waals surface area contributed by atoms with Gasteiger partial charge in [-0.15, -0.1) is 0 Å². The quantitative estimate of drug-likeness (QED) is 0.187. The zero-order chi connectivity index (χ0) is 27.1. The highest BCUT2D eigenvalue weighted by atomic mass is 32.2. The summed E-state index contributed by atoms with van der Waals surface area (Å²) in [6.07, 6.45) is 0.